The van der Waals surface area contributed by atoms with Crippen LogP contribution in [0, 0.1) is 6.92 Å². The molecule has 21 heavy (non-hydrogen) atoms. The van der Waals surface area contributed by atoms with Crippen molar-refractivity contribution < 1.29 is 4.74 Å². The van der Waals surface area contributed by atoms with E-state index in [0.29, 0.717) is 0 Å². The molecule has 0 atom stereocenters. The van der Waals surface area contributed by atoms with Gasteiger partial charge in [-0.3, -0.25) is 0 Å². The van der Waals surface area contributed by atoms with Crippen molar-refractivity contribution in [3.63, 3.8) is 0 Å². The molecule has 3 aromatic rings. The summed E-state index contributed by atoms with van der Waals surface area (Å²) in [6, 6.07) is 27.6. The summed E-state index contributed by atoms with van der Waals surface area (Å²) in [5, 5.41) is 0. The second kappa shape index (κ2) is 8.18. The van der Waals surface area contributed by atoms with Gasteiger partial charge in [-0.2, -0.15) is 0 Å². The van der Waals surface area contributed by atoms with Crippen LogP contribution >= 0.6 is 12.6 Å². The monoisotopic (exact) mass is 294 g/mol. The molecule has 0 spiro atoms. The van der Waals surface area contributed by atoms with Crippen LogP contribution in [-0.4, -0.2) is 0 Å². The third-order valence-corrected chi connectivity index (χ3v) is 3.05. The van der Waals surface area contributed by atoms with Crippen molar-refractivity contribution in [2.24, 2.45) is 0 Å². The normalized spacial score (nSPS) is 9.43. The summed E-state index contributed by atoms with van der Waals surface area (Å²) in [7, 11) is 0. The molecule has 0 aromatic heterocycles. The molecule has 0 unspecified atom stereocenters. The predicted molar refractivity (Wildman–Crippen MR) is 91.4 cm³/mol. The Hall–Kier alpha value is -2.19. The second-order valence-corrected chi connectivity index (χ2v) is 5.08. The summed E-state index contributed by atoms with van der Waals surface area (Å²) in [5.41, 5.74) is 1.28. The van der Waals surface area contributed by atoms with Gasteiger partial charge >= 0.3 is 0 Å². The second-order valence-electron chi connectivity index (χ2n) is 4.56. The molecule has 0 amide bonds. The van der Waals surface area contributed by atoms with Gasteiger partial charge in [0.15, 0.2) is 0 Å². The van der Waals surface area contributed by atoms with Crippen LogP contribution in [0.15, 0.2) is 89.8 Å². The fraction of sp³-hybridized carbons (Fsp3) is 0.0526. The van der Waals surface area contributed by atoms with E-state index in [9.17, 15) is 0 Å². The molecule has 1 nitrogen and oxygen atoms in total. The van der Waals surface area contributed by atoms with E-state index < -0.39 is 0 Å². The quantitative estimate of drug-likeness (QED) is 0.591. The van der Waals surface area contributed by atoms with E-state index in [1.807, 2.05) is 84.9 Å². The fourth-order valence-electron chi connectivity index (χ4n) is 1.66. The molecule has 106 valence electrons. The molecular formula is C19H18OS. The maximum absolute atomic E-state index is 5.58. The van der Waals surface area contributed by atoms with Gasteiger partial charge < -0.3 is 4.74 Å². The number of para-hydroxylation sites is 2. The van der Waals surface area contributed by atoms with Gasteiger partial charge in [-0.25, -0.2) is 0 Å². The maximum atomic E-state index is 5.58. The van der Waals surface area contributed by atoms with E-state index in [1.54, 1.807) is 0 Å². The molecule has 0 aliphatic rings. The van der Waals surface area contributed by atoms with E-state index in [1.165, 1.54) is 5.56 Å². The topological polar surface area (TPSA) is 9.23 Å². The fourth-order valence-corrected chi connectivity index (χ4v) is 1.81. The number of rotatable bonds is 2. The van der Waals surface area contributed by atoms with Gasteiger partial charge in [0, 0.05) is 4.90 Å². The van der Waals surface area contributed by atoms with Crippen molar-refractivity contribution in [3.8, 4) is 11.5 Å². The summed E-state index contributed by atoms with van der Waals surface area (Å²) >= 11 is 4.13. The van der Waals surface area contributed by atoms with Crippen LogP contribution in [0.4, 0.5) is 0 Å². The standard InChI is InChI=1S/C12H10O.C7H8S/c1-3-7-11(8-4-1)13-12-9-5-2-6-10-12;1-6-2-4-7(8)5-3-6/h1-10H;2-5,8H,1H3. The Morgan fingerprint density at radius 2 is 1.05 bits per heavy atom. The minimum absolute atomic E-state index is 0.869. The van der Waals surface area contributed by atoms with Gasteiger partial charge in [0.2, 0.25) is 0 Å². The first kappa shape index (κ1) is 15.2. The zero-order valence-electron chi connectivity index (χ0n) is 11.9. The number of ether oxygens (including phenoxy) is 1. The lowest BCUT2D eigenvalue weighted by Crippen LogP contribution is -1.81. The predicted octanol–water partition coefficient (Wildman–Crippen LogP) is 5.76. The zero-order chi connectivity index (χ0) is 14.9. The molecule has 0 fully saturated rings. The van der Waals surface area contributed by atoms with Crippen molar-refractivity contribution in [3.05, 3.63) is 90.5 Å². The minimum atomic E-state index is 0.869. The van der Waals surface area contributed by atoms with Crippen LogP contribution in [0.2, 0.25) is 0 Å². The smallest absolute Gasteiger partial charge is 0.127 e. The van der Waals surface area contributed by atoms with Crippen molar-refractivity contribution in [1.29, 1.82) is 0 Å². The summed E-state index contributed by atoms with van der Waals surface area (Å²) in [4.78, 5) is 1.02. The van der Waals surface area contributed by atoms with Gasteiger partial charge in [0.1, 0.15) is 11.5 Å². The van der Waals surface area contributed by atoms with Crippen molar-refractivity contribution >= 4 is 12.6 Å². The molecular weight excluding hydrogens is 276 g/mol. The Morgan fingerprint density at radius 1 is 0.619 bits per heavy atom. The van der Waals surface area contributed by atoms with Crippen LogP contribution in [0.25, 0.3) is 0 Å². The van der Waals surface area contributed by atoms with Gasteiger partial charge in [-0.05, 0) is 43.3 Å². The Labute approximate surface area is 131 Å². The highest BCUT2D eigenvalue weighted by Crippen LogP contribution is 2.19. The molecule has 0 saturated heterocycles. The molecule has 0 N–H and O–H groups in total. The van der Waals surface area contributed by atoms with Gasteiger partial charge in [0.25, 0.3) is 0 Å². The Balaban J connectivity index is 0.000000173. The van der Waals surface area contributed by atoms with Crippen LogP contribution in [0.3, 0.4) is 0 Å². The number of thiol groups is 1. The zero-order valence-corrected chi connectivity index (χ0v) is 12.8. The van der Waals surface area contributed by atoms with E-state index in [2.05, 4.69) is 19.6 Å². The first-order valence-corrected chi connectivity index (χ1v) is 7.22. The molecule has 0 saturated carbocycles. The van der Waals surface area contributed by atoms with E-state index in [0.717, 1.165) is 16.4 Å². The summed E-state index contributed by atoms with van der Waals surface area (Å²) in [6.45, 7) is 2.06. The molecule has 3 aromatic carbocycles. The average Bonchev–Trinajstić information content (AvgIpc) is 2.53. The first-order valence-electron chi connectivity index (χ1n) is 6.77. The number of hydrogen-bond donors (Lipinski definition) is 1. The lowest BCUT2D eigenvalue weighted by Gasteiger charge is -2.03. The van der Waals surface area contributed by atoms with Crippen LogP contribution in [-0.2, 0) is 0 Å². The Morgan fingerprint density at radius 3 is 1.43 bits per heavy atom. The van der Waals surface area contributed by atoms with Crippen molar-refractivity contribution in [2.45, 2.75) is 11.8 Å². The van der Waals surface area contributed by atoms with E-state index >= 15 is 0 Å². The summed E-state index contributed by atoms with van der Waals surface area (Å²) in [5.74, 6) is 1.74. The lowest BCUT2D eigenvalue weighted by molar-refractivity contribution is 0.482. The van der Waals surface area contributed by atoms with Crippen LogP contribution in [0.5, 0.6) is 11.5 Å². The molecule has 3 rings (SSSR count). The molecule has 0 aliphatic heterocycles. The Bertz CT molecular complexity index is 575. The highest BCUT2D eigenvalue weighted by Gasteiger charge is 1.92. The van der Waals surface area contributed by atoms with E-state index in [4.69, 9.17) is 4.74 Å². The van der Waals surface area contributed by atoms with E-state index in [-0.39, 0.29) is 0 Å². The molecule has 0 radical (unpaired) electrons. The third kappa shape index (κ3) is 5.76. The first-order chi connectivity index (χ1) is 10.2. The number of hydrogen-bond acceptors (Lipinski definition) is 2. The largest absolute Gasteiger partial charge is 0.457 e. The third-order valence-electron chi connectivity index (χ3n) is 2.76. The SMILES string of the molecule is Cc1ccc(S)cc1.c1ccc(Oc2ccccc2)cc1. The molecule has 0 aliphatic carbocycles. The number of benzene rings is 3. The van der Waals surface area contributed by atoms with Crippen LogP contribution < -0.4 is 4.74 Å². The average molecular weight is 294 g/mol. The van der Waals surface area contributed by atoms with Gasteiger partial charge in [-0.15, -0.1) is 12.6 Å². The summed E-state index contributed by atoms with van der Waals surface area (Å²) in [6.07, 6.45) is 0. The maximum Gasteiger partial charge on any atom is 0.127 e. The number of aryl methyl sites for hydroxylation is 1. The summed E-state index contributed by atoms with van der Waals surface area (Å²) < 4.78 is 5.58. The van der Waals surface area contributed by atoms with Crippen molar-refractivity contribution in [1.82, 2.24) is 0 Å². The lowest BCUT2D eigenvalue weighted by atomic mass is 10.2. The van der Waals surface area contributed by atoms with Crippen LogP contribution in [0.1, 0.15) is 5.56 Å². The highest BCUT2D eigenvalue weighted by atomic mass is 32.1. The molecule has 2 heteroatoms. The van der Waals surface area contributed by atoms with Crippen molar-refractivity contribution in [2.75, 3.05) is 0 Å². The highest BCUT2D eigenvalue weighted by molar-refractivity contribution is 7.80. The molecule has 0 heterocycles. The van der Waals surface area contributed by atoms with Gasteiger partial charge in [-0.1, -0.05) is 54.1 Å². The van der Waals surface area contributed by atoms with Gasteiger partial charge in [0.05, 0.1) is 0 Å². The molecule has 0 bridgehead atoms. The Kier molecular flexibility index (Phi) is 5.92. The minimum Gasteiger partial charge on any atom is -0.457 e.